The third-order valence-corrected chi connectivity index (χ3v) is 3.42. The molecule has 0 fully saturated rings. The molecule has 6 nitrogen and oxygen atoms in total. The number of nitrogen functional groups attached to an aromatic ring is 1. The van der Waals surface area contributed by atoms with Crippen LogP contribution in [0, 0.1) is 0 Å². The fraction of sp³-hybridized carbons (Fsp3) is 0.133. The molecule has 0 aliphatic heterocycles. The van der Waals surface area contributed by atoms with Crippen molar-refractivity contribution in [2.45, 2.75) is 11.8 Å². The van der Waals surface area contributed by atoms with Gasteiger partial charge in [-0.25, -0.2) is 18.4 Å². The Morgan fingerprint density at radius 1 is 1.05 bits per heavy atom. The topological polar surface area (TPSA) is 112 Å². The van der Waals surface area contributed by atoms with E-state index < -0.39 is 10.0 Å². The van der Waals surface area contributed by atoms with E-state index in [4.69, 9.17) is 15.6 Å². The van der Waals surface area contributed by atoms with Crippen LogP contribution in [0.5, 0.6) is 0 Å². The lowest BCUT2D eigenvalue weighted by molar-refractivity contribution is 0.0526. The molecular weight excluding hydrogens is 304 g/mol. The molecule has 0 aliphatic rings. The zero-order chi connectivity index (χ0) is 16.6. The van der Waals surface area contributed by atoms with E-state index >= 15 is 0 Å². The fourth-order valence-corrected chi connectivity index (χ4v) is 1.96. The van der Waals surface area contributed by atoms with Gasteiger partial charge in [0.1, 0.15) is 0 Å². The lowest BCUT2D eigenvalue weighted by atomic mass is 10.2. The van der Waals surface area contributed by atoms with Gasteiger partial charge in [-0.1, -0.05) is 18.2 Å². The molecule has 0 unspecified atom stereocenters. The zero-order valence-corrected chi connectivity index (χ0v) is 12.9. The van der Waals surface area contributed by atoms with Crippen molar-refractivity contribution in [3.63, 3.8) is 0 Å². The molecule has 0 spiro atoms. The first-order valence-corrected chi connectivity index (χ1v) is 7.99. The van der Waals surface area contributed by atoms with Crippen molar-refractivity contribution < 1.29 is 17.9 Å². The summed E-state index contributed by atoms with van der Waals surface area (Å²) in [5, 5.41) is 4.84. The summed E-state index contributed by atoms with van der Waals surface area (Å²) in [5.41, 5.74) is 6.45. The van der Waals surface area contributed by atoms with Gasteiger partial charge in [0, 0.05) is 5.69 Å². The minimum absolute atomic E-state index is 0.0756. The van der Waals surface area contributed by atoms with Gasteiger partial charge >= 0.3 is 5.97 Å². The average Bonchev–Trinajstić information content (AvgIpc) is 2.48. The van der Waals surface area contributed by atoms with Crippen molar-refractivity contribution in [1.82, 2.24) is 0 Å². The standard InChI is InChI=1S/C9H10O2.C6H8N2O2S/c1-2-11-9(10)8-6-4-3-5-7-8;7-5-1-3-6(4-2-5)11(8,9)10/h3-7H,2H2,1H3;1-4H,7H2,(H2,8,9,10). The Bertz CT molecular complexity index is 698. The number of nitrogens with two attached hydrogens (primary N) is 2. The van der Waals surface area contributed by atoms with Crippen LogP contribution in [0.15, 0.2) is 59.5 Å². The molecule has 0 radical (unpaired) electrons. The maximum Gasteiger partial charge on any atom is 0.338 e. The molecule has 0 amide bonds. The molecule has 0 bridgehead atoms. The van der Waals surface area contributed by atoms with Crippen LogP contribution in [0.3, 0.4) is 0 Å². The maximum absolute atomic E-state index is 11.0. The Hall–Kier alpha value is -2.38. The molecule has 0 saturated heterocycles. The molecule has 0 heterocycles. The summed E-state index contributed by atoms with van der Waals surface area (Å²) in [4.78, 5) is 11.1. The highest BCUT2D eigenvalue weighted by Gasteiger charge is 2.05. The van der Waals surface area contributed by atoms with Crippen molar-refractivity contribution in [1.29, 1.82) is 0 Å². The lowest BCUT2D eigenvalue weighted by Crippen LogP contribution is -2.11. The first-order valence-electron chi connectivity index (χ1n) is 6.45. The second-order valence-corrected chi connectivity index (χ2v) is 5.76. The first kappa shape index (κ1) is 17.7. The number of anilines is 1. The van der Waals surface area contributed by atoms with Crippen molar-refractivity contribution in [3.05, 3.63) is 60.2 Å². The number of primary sulfonamides is 1. The van der Waals surface area contributed by atoms with Crippen molar-refractivity contribution in [2.75, 3.05) is 12.3 Å². The Kier molecular flexibility index (Phi) is 6.55. The van der Waals surface area contributed by atoms with Crippen LogP contribution in [-0.4, -0.2) is 21.0 Å². The van der Waals surface area contributed by atoms with Gasteiger partial charge in [-0.2, -0.15) is 0 Å². The predicted molar refractivity (Wildman–Crippen MR) is 84.6 cm³/mol. The number of sulfonamides is 1. The molecule has 0 atom stereocenters. The highest BCUT2D eigenvalue weighted by atomic mass is 32.2. The Morgan fingerprint density at radius 2 is 1.59 bits per heavy atom. The van der Waals surface area contributed by atoms with E-state index in [9.17, 15) is 13.2 Å². The van der Waals surface area contributed by atoms with Crippen LogP contribution in [0.25, 0.3) is 0 Å². The van der Waals surface area contributed by atoms with Gasteiger partial charge in [0.05, 0.1) is 17.1 Å². The number of hydrogen-bond acceptors (Lipinski definition) is 5. The van der Waals surface area contributed by atoms with Gasteiger partial charge in [0.25, 0.3) is 0 Å². The van der Waals surface area contributed by atoms with E-state index in [0.717, 1.165) is 0 Å². The highest BCUT2D eigenvalue weighted by molar-refractivity contribution is 7.89. The average molecular weight is 322 g/mol. The lowest BCUT2D eigenvalue weighted by Gasteiger charge is -1.99. The smallest absolute Gasteiger partial charge is 0.338 e. The number of rotatable bonds is 3. The summed E-state index contributed by atoms with van der Waals surface area (Å²) in [6, 6.07) is 14.7. The van der Waals surface area contributed by atoms with Crippen LogP contribution in [0.1, 0.15) is 17.3 Å². The van der Waals surface area contributed by atoms with Gasteiger partial charge in [-0.3, -0.25) is 0 Å². The molecule has 2 rings (SSSR count). The summed E-state index contributed by atoms with van der Waals surface area (Å²) in [6.07, 6.45) is 0. The molecule has 22 heavy (non-hydrogen) atoms. The van der Waals surface area contributed by atoms with E-state index in [1.54, 1.807) is 19.1 Å². The highest BCUT2D eigenvalue weighted by Crippen LogP contribution is 2.08. The Morgan fingerprint density at radius 3 is 2.05 bits per heavy atom. The molecule has 0 aliphatic carbocycles. The van der Waals surface area contributed by atoms with Crippen LogP contribution >= 0.6 is 0 Å². The van der Waals surface area contributed by atoms with Gasteiger partial charge < -0.3 is 10.5 Å². The van der Waals surface area contributed by atoms with Gasteiger partial charge in [-0.05, 0) is 43.3 Å². The normalized spacial score (nSPS) is 10.3. The second-order valence-electron chi connectivity index (χ2n) is 4.20. The number of ether oxygens (including phenoxy) is 1. The number of carbonyl (C=O) groups excluding carboxylic acids is 1. The quantitative estimate of drug-likeness (QED) is 0.660. The summed E-state index contributed by atoms with van der Waals surface area (Å²) in [6.45, 7) is 2.22. The van der Waals surface area contributed by atoms with E-state index in [0.29, 0.717) is 17.9 Å². The number of hydrogen-bond donors (Lipinski definition) is 2. The summed E-state index contributed by atoms with van der Waals surface area (Å²) in [5.74, 6) is -0.256. The van der Waals surface area contributed by atoms with Crippen molar-refractivity contribution >= 4 is 21.7 Å². The molecule has 0 saturated carbocycles. The predicted octanol–water partition coefficient (Wildman–Crippen LogP) is 1.78. The van der Waals surface area contributed by atoms with E-state index in [-0.39, 0.29) is 10.9 Å². The summed E-state index contributed by atoms with van der Waals surface area (Å²) in [7, 11) is -3.58. The largest absolute Gasteiger partial charge is 0.462 e. The van der Waals surface area contributed by atoms with E-state index in [1.165, 1.54) is 24.3 Å². The first-order chi connectivity index (χ1) is 10.3. The minimum atomic E-state index is -3.58. The maximum atomic E-state index is 11.0. The monoisotopic (exact) mass is 322 g/mol. The van der Waals surface area contributed by atoms with Crippen molar-refractivity contribution in [3.8, 4) is 0 Å². The Balaban J connectivity index is 0.000000220. The fourth-order valence-electron chi connectivity index (χ4n) is 1.45. The van der Waals surface area contributed by atoms with Gasteiger partial charge in [0.15, 0.2) is 0 Å². The molecular formula is C15H18N2O4S. The molecule has 2 aromatic rings. The Labute approximate surface area is 129 Å². The van der Waals surface area contributed by atoms with Gasteiger partial charge in [-0.15, -0.1) is 0 Å². The van der Waals surface area contributed by atoms with E-state index in [2.05, 4.69) is 0 Å². The van der Waals surface area contributed by atoms with Crippen molar-refractivity contribution in [2.24, 2.45) is 5.14 Å². The second kappa shape index (κ2) is 8.16. The SMILES string of the molecule is CCOC(=O)c1ccccc1.Nc1ccc(S(N)(=O)=O)cc1. The van der Waals surface area contributed by atoms with Gasteiger partial charge in [0.2, 0.25) is 10.0 Å². The number of esters is 1. The summed E-state index contributed by atoms with van der Waals surface area (Å²) < 4.78 is 26.2. The number of benzene rings is 2. The number of carbonyl (C=O) groups is 1. The van der Waals surface area contributed by atoms with Crippen LogP contribution in [0.4, 0.5) is 5.69 Å². The summed E-state index contributed by atoms with van der Waals surface area (Å²) >= 11 is 0. The minimum Gasteiger partial charge on any atom is -0.462 e. The van der Waals surface area contributed by atoms with Crippen LogP contribution in [0.2, 0.25) is 0 Å². The zero-order valence-electron chi connectivity index (χ0n) is 12.1. The van der Waals surface area contributed by atoms with Crippen LogP contribution in [-0.2, 0) is 14.8 Å². The molecule has 7 heteroatoms. The molecule has 2 aromatic carbocycles. The molecule has 118 valence electrons. The van der Waals surface area contributed by atoms with E-state index in [1.807, 2.05) is 18.2 Å². The third-order valence-electron chi connectivity index (χ3n) is 2.49. The molecule has 4 N–H and O–H groups in total. The molecule has 0 aromatic heterocycles. The van der Waals surface area contributed by atoms with Crippen LogP contribution < -0.4 is 10.9 Å². The third kappa shape index (κ3) is 5.94.